The molecule has 0 unspecified atom stereocenters. The minimum Gasteiger partial charge on any atom is -0.508 e. The first-order chi connectivity index (χ1) is 10.5. The van der Waals surface area contributed by atoms with Crippen molar-refractivity contribution < 1.29 is 15.0 Å². The van der Waals surface area contributed by atoms with Gasteiger partial charge in [-0.3, -0.25) is 9.69 Å². The van der Waals surface area contributed by atoms with E-state index in [9.17, 15) is 15.0 Å². The average Bonchev–Trinajstić information content (AvgIpc) is 2.48. The van der Waals surface area contributed by atoms with Gasteiger partial charge in [0.05, 0.1) is 5.41 Å². The first kappa shape index (κ1) is 15.3. The summed E-state index contributed by atoms with van der Waals surface area (Å²) < 4.78 is 0. The number of phenols is 1. The molecule has 0 bridgehead atoms. The second-order valence-electron chi connectivity index (χ2n) is 6.72. The smallest absolute Gasteiger partial charge is 0.311 e. The van der Waals surface area contributed by atoms with Crippen molar-refractivity contribution in [1.29, 1.82) is 0 Å². The number of aliphatic carboxylic acids is 1. The van der Waals surface area contributed by atoms with Gasteiger partial charge in [-0.15, -0.1) is 0 Å². The highest BCUT2D eigenvalue weighted by atomic mass is 16.4. The lowest BCUT2D eigenvalue weighted by molar-refractivity contribution is -0.162. The topological polar surface area (TPSA) is 64.0 Å². The molecule has 5 nitrogen and oxygen atoms in total. The Morgan fingerprint density at radius 3 is 2.91 bits per heavy atom. The SMILES string of the molecule is CN1CCC[C@]2(C(=O)O)CCN(Cc3cccc(O)c3)C[C@@H]12. The van der Waals surface area contributed by atoms with Crippen molar-refractivity contribution in [3.63, 3.8) is 0 Å². The van der Waals surface area contributed by atoms with Crippen LogP contribution in [0.25, 0.3) is 0 Å². The number of carboxylic acids is 1. The lowest BCUT2D eigenvalue weighted by atomic mass is 9.68. The summed E-state index contributed by atoms with van der Waals surface area (Å²) >= 11 is 0. The molecule has 2 atom stereocenters. The van der Waals surface area contributed by atoms with Gasteiger partial charge in [-0.1, -0.05) is 12.1 Å². The number of benzene rings is 1. The summed E-state index contributed by atoms with van der Waals surface area (Å²) in [5.74, 6) is -0.356. The molecule has 2 fully saturated rings. The van der Waals surface area contributed by atoms with Crippen LogP contribution in [-0.2, 0) is 11.3 Å². The van der Waals surface area contributed by atoms with E-state index in [-0.39, 0.29) is 11.8 Å². The van der Waals surface area contributed by atoms with Gasteiger partial charge >= 0.3 is 5.97 Å². The highest BCUT2D eigenvalue weighted by Gasteiger charge is 2.52. The number of carboxylic acid groups (broad SMARTS) is 1. The number of hydrogen-bond acceptors (Lipinski definition) is 4. The van der Waals surface area contributed by atoms with Gasteiger partial charge in [-0.05, 0) is 57.1 Å². The summed E-state index contributed by atoms with van der Waals surface area (Å²) in [6.07, 6.45) is 2.46. The molecule has 0 saturated carbocycles. The minimum atomic E-state index is -0.638. The number of piperidine rings is 2. The van der Waals surface area contributed by atoms with Gasteiger partial charge in [0, 0.05) is 19.1 Å². The Morgan fingerprint density at radius 1 is 1.36 bits per heavy atom. The van der Waals surface area contributed by atoms with Gasteiger partial charge in [-0.2, -0.15) is 0 Å². The third-order valence-electron chi connectivity index (χ3n) is 5.35. The van der Waals surface area contributed by atoms with E-state index in [0.717, 1.165) is 44.6 Å². The quantitative estimate of drug-likeness (QED) is 0.891. The summed E-state index contributed by atoms with van der Waals surface area (Å²) in [4.78, 5) is 16.4. The van der Waals surface area contributed by atoms with Gasteiger partial charge in [-0.25, -0.2) is 0 Å². The largest absolute Gasteiger partial charge is 0.508 e. The molecule has 0 aromatic heterocycles. The maximum absolute atomic E-state index is 11.9. The van der Waals surface area contributed by atoms with Gasteiger partial charge in [0.1, 0.15) is 5.75 Å². The molecule has 0 radical (unpaired) electrons. The van der Waals surface area contributed by atoms with E-state index >= 15 is 0 Å². The van der Waals surface area contributed by atoms with E-state index in [2.05, 4.69) is 9.80 Å². The molecule has 0 spiro atoms. The highest BCUT2D eigenvalue weighted by molar-refractivity contribution is 5.76. The molecular weight excluding hydrogens is 280 g/mol. The fourth-order valence-corrected chi connectivity index (χ4v) is 4.10. The van der Waals surface area contributed by atoms with Crippen molar-refractivity contribution >= 4 is 5.97 Å². The summed E-state index contributed by atoms with van der Waals surface area (Å²) in [5, 5.41) is 19.4. The van der Waals surface area contributed by atoms with Crippen LogP contribution in [0.2, 0.25) is 0 Å². The summed E-state index contributed by atoms with van der Waals surface area (Å²) in [5.41, 5.74) is 0.490. The Hall–Kier alpha value is -1.59. The van der Waals surface area contributed by atoms with Crippen LogP contribution in [-0.4, -0.2) is 58.7 Å². The number of carbonyl (C=O) groups is 1. The fourth-order valence-electron chi connectivity index (χ4n) is 4.10. The molecule has 2 N–H and O–H groups in total. The number of fused-ring (bicyclic) bond motifs is 1. The van der Waals surface area contributed by atoms with Crippen LogP contribution in [0, 0.1) is 5.41 Å². The molecule has 2 aliphatic heterocycles. The van der Waals surface area contributed by atoms with E-state index in [0.29, 0.717) is 6.42 Å². The molecule has 1 aromatic carbocycles. The summed E-state index contributed by atoms with van der Waals surface area (Å²) in [6, 6.07) is 7.38. The third-order valence-corrected chi connectivity index (χ3v) is 5.35. The number of aromatic hydroxyl groups is 1. The first-order valence-corrected chi connectivity index (χ1v) is 7.95. The Morgan fingerprint density at radius 2 is 2.18 bits per heavy atom. The molecule has 2 saturated heterocycles. The van der Waals surface area contributed by atoms with E-state index < -0.39 is 11.4 Å². The molecule has 2 aliphatic rings. The predicted molar refractivity (Wildman–Crippen MR) is 83.7 cm³/mol. The Labute approximate surface area is 131 Å². The maximum atomic E-state index is 11.9. The maximum Gasteiger partial charge on any atom is 0.311 e. The normalized spacial score (nSPS) is 30.0. The van der Waals surface area contributed by atoms with Crippen LogP contribution >= 0.6 is 0 Å². The van der Waals surface area contributed by atoms with Crippen LogP contribution in [0.1, 0.15) is 24.8 Å². The predicted octanol–water partition coefficient (Wildman–Crippen LogP) is 1.76. The van der Waals surface area contributed by atoms with Crippen LogP contribution in [0.4, 0.5) is 0 Å². The number of likely N-dealkylation sites (tertiary alicyclic amines) is 2. The fraction of sp³-hybridized carbons (Fsp3) is 0.588. The lowest BCUT2D eigenvalue weighted by Gasteiger charge is -2.51. The Bertz CT molecular complexity index is 563. The van der Waals surface area contributed by atoms with Gasteiger partial charge in [0.15, 0.2) is 0 Å². The zero-order valence-electron chi connectivity index (χ0n) is 13.0. The van der Waals surface area contributed by atoms with Crippen molar-refractivity contribution in [2.45, 2.75) is 31.8 Å². The van der Waals surface area contributed by atoms with Crippen LogP contribution in [0.5, 0.6) is 5.75 Å². The molecule has 22 heavy (non-hydrogen) atoms. The van der Waals surface area contributed by atoms with Gasteiger partial charge < -0.3 is 15.1 Å². The number of rotatable bonds is 3. The molecule has 0 aliphatic carbocycles. The van der Waals surface area contributed by atoms with Crippen molar-refractivity contribution in [3.05, 3.63) is 29.8 Å². The van der Waals surface area contributed by atoms with Crippen molar-refractivity contribution in [2.24, 2.45) is 5.41 Å². The first-order valence-electron chi connectivity index (χ1n) is 7.95. The van der Waals surface area contributed by atoms with E-state index in [1.54, 1.807) is 12.1 Å². The van der Waals surface area contributed by atoms with Crippen LogP contribution in [0.15, 0.2) is 24.3 Å². The molecule has 0 amide bonds. The molecule has 1 aromatic rings. The number of nitrogens with zero attached hydrogens (tertiary/aromatic N) is 2. The van der Waals surface area contributed by atoms with Gasteiger partial charge in [0.2, 0.25) is 0 Å². The molecule has 5 heteroatoms. The summed E-state index contributed by atoms with van der Waals surface area (Å²) in [7, 11) is 2.04. The monoisotopic (exact) mass is 304 g/mol. The number of phenolic OH excluding ortho intramolecular Hbond substituents is 1. The second-order valence-corrected chi connectivity index (χ2v) is 6.72. The number of hydrogen-bond donors (Lipinski definition) is 2. The molecule has 3 rings (SSSR count). The zero-order valence-corrected chi connectivity index (χ0v) is 13.0. The van der Waals surface area contributed by atoms with Crippen molar-refractivity contribution in [3.8, 4) is 5.75 Å². The van der Waals surface area contributed by atoms with E-state index in [4.69, 9.17) is 0 Å². The summed E-state index contributed by atoms with van der Waals surface area (Å²) in [6.45, 7) is 3.30. The number of likely N-dealkylation sites (N-methyl/N-ethyl adjacent to an activating group) is 1. The Kier molecular flexibility index (Phi) is 4.10. The lowest BCUT2D eigenvalue weighted by Crippen LogP contribution is -2.62. The molecular formula is C17H24N2O3. The molecule has 120 valence electrons. The van der Waals surface area contributed by atoms with E-state index in [1.165, 1.54) is 0 Å². The second kappa shape index (κ2) is 5.89. The highest BCUT2D eigenvalue weighted by Crippen LogP contribution is 2.42. The standard InChI is InChI=1S/C17H24N2O3/c1-18-8-3-6-17(16(21)22)7-9-19(12-15(17)18)11-13-4-2-5-14(20)10-13/h2,4-5,10,15,20H,3,6-9,11-12H2,1H3,(H,21,22)/t15-,17+/m1/s1. The zero-order chi connectivity index (χ0) is 15.7. The average molecular weight is 304 g/mol. The van der Waals surface area contributed by atoms with Crippen LogP contribution in [0.3, 0.4) is 0 Å². The van der Waals surface area contributed by atoms with Crippen molar-refractivity contribution in [1.82, 2.24) is 9.80 Å². The van der Waals surface area contributed by atoms with Crippen molar-refractivity contribution in [2.75, 3.05) is 26.7 Å². The van der Waals surface area contributed by atoms with Gasteiger partial charge in [0.25, 0.3) is 0 Å². The van der Waals surface area contributed by atoms with Crippen LogP contribution < -0.4 is 0 Å². The van der Waals surface area contributed by atoms with E-state index in [1.807, 2.05) is 19.2 Å². The third kappa shape index (κ3) is 2.71. The molecule has 2 heterocycles. The Balaban J connectivity index is 1.75. The minimum absolute atomic E-state index is 0.0739.